The lowest BCUT2D eigenvalue weighted by Gasteiger charge is -2.07. The number of hydrogen-bond acceptors (Lipinski definition) is 3. The minimum atomic E-state index is -0.263. The number of amides is 2. The van der Waals surface area contributed by atoms with E-state index >= 15 is 0 Å². The van der Waals surface area contributed by atoms with Gasteiger partial charge in [-0.2, -0.15) is 0 Å². The van der Waals surface area contributed by atoms with Gasteiger partial charge in [-0.1, -0.05) is 19.1 Å². The van der Waals surface area contributed by atoms with E-state index in [0.29, 0.717) is 19.4 Å². The molecular formula is C17H20N2O3. The van der Waals surface area contributed by atoms with Crippen LogP contribution in [0.25, 0.3) is 0 Å². The molecule has 0 aliphatic rings. The molecule has 0 saturated carbocycles. The summed E-state index contributed by atoms with van der Waals surface area (Å²) in [5.74, 6) is -0.0395. The van der Waals surface area contributed by atoms with Crippen LogP contribution in [0, 0.1) is 0 Å². The third-order valence-electron chi connectivity index (χ3n) is 3.23. The maximum absolute atomic E-state index is 11.8. The molecule has 0 radical (unpaired) electrons. The number of carbonyl (C=O) groups is 2. The van der Waals surface area contributed by atoms with E-state index < -0.39 is 0 Å². The summed E-state index contributed by atoms with van der Waals surface area (Å²) >= 11 is 0. The quantitative estimate of drug-likeness (QED) is 0.772. The Balaban J connectivity index is 1.68. The lowest BCUT2D eigenvalue weighted by molar-refractivity contribution is -0.116. The Morgan fingerprint density at radius 3 is 2.77 bits per heavy atom. The molecule has 22 heavy (non-hydrogen) atoms. The molecule has 0 aliphatic heterocycles. The van der Waals surface area contributed by atoms with Crippen LogP contribution in [-0.2, 0) is 11.2 Å². The fourth-order valence-electron chi connectivity index (χ4n) is 2.04. The van der Waals surface area contributed by atoms with Gasteiger partial charge >= 0.3 is 0 Å². The summed E-state index contributed by atoms with van der Waals surface area (Å²) < 4.78 is 4.98. The van der Waals surface area contributed by atoms with Crippen LogP contribution in [0.2, 0.25) is 0 Å². The van der Waals surface area contributed by atoms with Gasteiger partial charge < -0.3 is 15.1 Å². The van der Waals surface area contributed by atoms with Crippen LogP contribution in [0.4, 0.5) is 5.69 Å². The molecule has 1 heterocycles. The predicted octanol–water partition coefficient (Wildman–Crippen LogP) is 2.99. The summed E-state index contributed by atoms with van der Waals surface area (Å²) in [4.78, 5) is 23.4. The Morgan fingerprint density at radius 1 is 1.18 bits per heavy atom. The first-order valence-electron chi connectivity index (χ1n) is 7.39. The highest BCUT2D eigenvalue weighted by molar-refractivity contribution is 5.92. The molecule has 2 N–H and O–H groups in total. The number of aryl methyl sites for hydroxylation is 1. The molecule has 2 amide bonds. The highest BCUT2D eigenvalue weighted by atomic mass is 16.3. The van der Waals surface area contributed by atoms with Crippen molar-refractivity contribution in [3.05, 3.63) is 54.0 Å². The normalized spacial score (nSPS) is 10.2. The number of carbonyl (C=O) groups excluding carboxylic acids is 2. The van der Waals surface area contributed by atoms with E-state index in [1.807, 2.05) is 24.3 Å². The van der Waals surface area contributed by atoms with Crippen molar-refractivity contribution in [2.24, 2.45) is 0 Å². The molecule has 0 unspecified atom stereocenters. The average Bonchev–Trinajstić information content (AvgIpc) is 3.06. The molecule has 116 valence electrons. The number of hydrogen-bond donors (Lipinski definition) is 2. The lowest BCUT2D eigenvalue weighted by atomic mass is 10.1. The molecule has 0 fully saturated rings. The average molecular weight is 300 g/mol. The van der Waals surface area contributed by atoms with Gasteiger partial charge in [-0.15, -0.1) is 0 Å². The molecule has 0 bridgehead atoms. The molecule has 5 nitrogen and oxygen atoms in total. The van der Waals surface area contributed by atoms with E-state index in [-0.39, 0.29) is 17.6 Å². The summed E-state index contributed by atoms with van der Waals surface area (Å²) in [6.45, 7) is 2.50. The minimum Gasteiger partial charge on any atom is -0.459 e. The van der Waals surface area contributed by atoms with Crippen molar-refractivity contribution in [3.63, 3.8) is 0 Å². The van der Waals surface area contributed by atoms with Gasteiger partial charge in [0.25, 0.3) is 5.91 Å². The van der Waals surface area contributed by atoms with Gasteiger partial charge in [0.05, 0.1) is 6.26 Å². The van der Waals surface area contributed by atoms with Crippen molar-refractivity contribution in [2.75, 3.05) is 11.9 Å². The molecule has 1 aromatic carbocycles. The zero-order valence-corrected chi connectivity index (χ0v) is 12.6. The molecule has 1 aromatic heterocycles. The summed E-state index contributed by atoms with van der Waals surface area (Å²) in [5.41, 5.74) is 1.99. The first kappa shape index (κ1) is 15.8. The first-order valence-corrected chi connectivity index (χ1v) is 7.39. The van der Waals surface area contributed by atoms with Gasteiger partial charge in [-0.05, 0) is 42.7 Å². The van der Waals surface area contributed by atoms with Crippen LogP contribution in [0.15, 0.2) is 47.1 Å². The van der Waals surface area contributed by atoms with Crippen molar-refractivity contribution in [3.8, 4) is 0 Å². The SMILES string of the molecule is CCc1cccc(NC(=O)CCCNC(=O)c2ccco2)c1. The van der Waals surface area contributed by atoms with E-state index in [1.54, 1.807) is 12.1 Å². The Labute approximate surface area is 129 Å². The van der Waals surface area contributed by atoms with Crippen LogP contribution in [0.1, 0.15) is 35.9 Å². The maximum Gasteiger partial charge on any atom is 0.286 e. The molecule has 0 aliphatic carbocycles. The van der Waals surface area contributed by atoms with Gasteiger partial charge in [0.2, 0.25) is 5.91 Å². The summed E-state index contributed by atoms with van der Waals surface area (Å²) in [6, 6.07) is 11.1. The molecule has 2 rings (SSSR count). The number of furan rings is 1. The van der Waals surface area contributed by atoms with E-state index in [4.69, 9.17) is 4.42 Å². The number of nitrogens with one attached hydrogen (secondary N) is 2. The van der Waals surface area contributed by atoms with Crippen LogP contribution in [0.5, 0.6) is 0 Å². The van der Waals surface area contributed by atoms with Crippen LogP contribution in [-0.4, -0.2) is 18.4 Å². The molecule has 5 heteroatoms. The highest BCUT2D eigenvalue weighted by Gasteiger charge is 2.08. The van der Waals surface area contributed by atoms with Gasteiger partial charge in [0, 0.05) is 18.7 Å². The first-order chi connectivity index (χ1) is 10.7. The standard InChI is InChI=1S/C17H20N2O3/c1-2-13-6-3-7-14(12-13)19-16(20)9-4-10-18-17(21)15-8-5-11-22-15/h3,5-8,11-12H,2,4,9-10H2,1H3,(H,18,21)(H,19,20). The van der Waals surface area contributed by atoms with Crippen LogP contribution in [0.3, 0.4) is 0 Å². The fraction of sp³-hybridized carbons (Fsp3) is 0.294. The minimum absolute atomic E-state index is 0.0551. The molecule has 2 aromatic rings. The second-order valence-corrected chi connectivity index (χ2v) is 4.94. The van der Waals surface area contributed by atoms with E-state index in [0.717, 1.165) is 12.1 Å². The monoisotopic (exact) mass is 300 g/mol. The molecule has 0 spiro atoms. The van der Waals surface area contributed by atoms with E-state index in [1.165, 1.54) is 11.8 Å². The Kier molecular flexibility index (Phi) is 5.77. The van der Waals surface area contributed by atoms with Crippen molar-refractivity contribution in [2.45, 2.75) is 26.2 Å². The van der Waals surface area contributed by atoms with Gasteiger partial charge in [-0.3, -0.25) is 9.59 Å². The van der Waals surface area contributed by atoms with E-state index in [2.05, 4.69) is 17.6 Å². The fourth-order valence-corrected chi connectivity index (χ4v) is 2.04. The Bertz CT molecular complexity index is 621. The molecule has 0 atom stereocenters. The van der Waals surface area contributed by atoms with Gasteiger partial charge in [0.1, 0.15) is 0 Å². The van der Waals surface area contributed by atoms with Crippen LogP contribution < -0.4 is 10.6 Å². The maximum atomic E-state index is 11.8. The van der Waals surface area contributed by atoms with Crippen molar-refractivity contribution in [1.82, 2.24) is 5.32 Å². The third-order valence-corrected chi connectivity index (χ3v) is 3.23. The summed E-state index contributed by atoms with van der Waals surface area (Å²) in [5, 5.41) is 5.57. The molecule has 0 saturated heterocycles. The number of rotatable bonds is 7. The predicted molar refractivity (Wildman–Crippen MR) is 84.7 cm³/mol. The van der Waals surface area contributed by atoms with Gasteiger partial charge in [0.15, 0.2) is 5.76 Å². The third kappa shape index (κ3) is 4.77. The summed E-state index contributed by atoms with van der Waals surface area (Å²) in [6.07, 6.45) is 3.32. The zero-order valence-electron chi connectivity index (χ0n) is 12.6. The lowest BCUT2D eigenvalue weighted by Crippen LogP contribution is -2.25. The number of anilines is 1. The molecular weight excluding hydrogens is 280 g/mol. The topological polar surface area (TPSA) is 71.3 Å². The Morgan fingerprint density at radius 2 is 2.05 bits per heavy atom. The van der Waals surface area contributed by atoms with Crippen molar-refractivity contribution >= 4 is 17.5 Å². The van der Waals surface area contributed by atoms with Gasteiger partial charge in [-0.25, -0.2) is 0 Å². The van der Waals surface area contributed by atoms with E-state index in [9.17, 15) is 9.59 Å². The number of benzene rings is 1. The second-order valence-electron chi connectivity index (χ2n) is 4.94. The zero-order chi connectivity index (χ0) is 15.8. The largest absolute Gasteiger partial charge is 0.459 e. The summed E-state index contributed by atoms with van der Waals surface area (Å²) in [7, 11) is 0. The van der Waals surface area contributed by atoms with Crippen molar-refractivity contribution in [1.29, 1.82) is 0 Å². The smallest absolute Gasteiger partial charge is 0.286 e. The highest BCUT2D eigenvalue weighted by Crippen LogP contribution is 2.11. The van der Waals surface area contributed by atoms with Crippen molar-refractivity contribution < 1.29 is 14.0 Å². The Hall–Kier alpha value is -2.56. The second kappa shape index (κ2) is 8.02. The van der Waals surface area contributed by atoms with Crippen LogP contribution >= 0.6 is 0 Å².